The molecule has 3 heteroatoms. The van der Waals surface area contributed by atoms with Gasteiger partial charge in [0, 0.05) is 30.6 Å². The molecule has 0 radical (unpaired) electrons. The summed E-state index contributed by atoms with van der Waals surface area (Å²) in [4.78, 5) is 2.67. The van der Waals surface area contributed by atoms with Gasteiger partial charge in [0.05, 0.1) is 6.61 Å². The van der Waals surface area contributed by atoms with E-state index in [1.807, 2.05) is 0 Å². The molecule has 1 saturated heterocycles. The van der Waals surface area contributed by atoms with Crippen LogP contribution in [0.4, 0.5) is 0 Å². The molecule has 116 valence electrons. The minimum absolute atomic E-state index is 0.204. The largest absolute Gasteiger partial charge is 0.493 e. The summed E-state index contributed by atoms with van der Waals surface area (Å²) in [5.74, 6) is 1.69. The maximum atomic E-state index is 5.80. The fraction of sp³-hybridized carbons (Fsp3) is 0.667. The Morgan fingerprint density at radius 2 is 2.10 bits per heavy atom. The first-order chi connectivity index (χ1) is 10.1. The van der Waals surface area contributed by atoms with E-state index in [-0.39, 0.29) is 5.54 Å². The number of ether oxygens (including phenoxy) is 1. The standard InChI is InChI=1S/C18H28N2O/c1-14-8-10-19-18(2,3)13-20(14)12-15-9-11-21-17-7-5-4-6-16(15)17/h4-7,14-15,19H,8-13H2,1-3H3. The van der Waals surface area contributed by atoms with E-state index in [4.69, 9.17) is 4.74 Å². The van der Waals surface area contributed by atoms with Gasteiger partial charge < -0.3 is 10.1 Å². The minimum Gasteiger partial charge on any atom is -0.493 e. The van der Waals surface area contributed by atoms with Crippen LogP contribution in [0.2, 0.25) is 0 Å². The second-order valence-corrected chi connectivity index (χ2v) is 7.25. The molecule has 3 rings (SSSR count). The lowest BCUT2D eigenvalue weighted by Gasteiger charge is -2.37. The number of fused-ring (bicyclic) bond motifs is 1. The first-order valence-corrected chi connectivity index (χ1v) is 8.26. The van der Waals surface area contributed by atoms with Gasteiger partial charge >= 0.3 is 0 Å². The predicted molar refractivity (Wildman–Crippen MR) is 87.0 cm³/mol. The third-order valence-electron chi connectivity index (χ3n) is 4.92. The number of nitrogens with one attached hydrogen (secondary N) is 1. The van der Waals surface area contributed by atoms with Crippen LogP contribution in [-0.2, 0) is 0 Å². The molecule has 21 heavy (non-hydrogen) atoms. The average molecular weight is 288 g/mol. The number of hydrogen-bond acceptors (Lipinski definition) is 3. The van der Waals surface area contributed by atoms with Crippen molar-refractivity contribution in [1.82, 2.24) is 10.2 Å². The van der Waals surface area contributed by atoms with Gasteiger partial charge in [-0.05, 0) is 51.8 Å². The summed E-state index contributed by atoms with van der Waals surface area (Å²) in [5.41, 5.74) is 1.60. The molecule has 0 saturated carbocycles. The third kappa shape index (κ3) is 3.41. The van der Waals surface area contributed by atoms with Crippen molar-refractivity contribution in [2.45, 2.75) is 51.1 Å². The smallest absolute Gasteiger partial charge is 0.122 e. The molecule has 3 nitrogen and oxygen atoms in total. The Morgan fingerprint density at radius 1 is 1.29 bits per heavy atom. The van der Waals surface area contributed by atoms with Crippen LogP contribution in [0.25, 0.3) is 0 Å². The highest BCUT2D eigenvalue weighted by Gasteiger charge is 2.31. The van der Waals surface area contributed by atoms with Crippen LogP contribution in [-0.4, -0.2) is 42.7 Å². The minimum atomic E-state index is 0.204. The molecular formula is C18H28N2O. The van der Waals surface area contributed by atoms with Gasteiger partial charge in [-0.15, -0.1) is 0 Å². The molecule has 0 aromatic heterocycles. The Bertz CT molecular complexity index is 486. The summed E-state index contributed by atoms with van der Waals surface area (Å²) in [6, 6.07) is 9.21. The summed E-state index contributed by atoms with van der Waals surface area (Å²) in [7, 11) is 0. The Kier molecular flexibility index (Phi) is 4.23. The van der Waals surface area contributed by atoms with E-state index in [9.17, 15) is 0 Å². The maximum Gasteiger partial charge on any atom is 0.122 e. The third-order valence-corrected chi connectivity index (χ3v) is 4.92. The summed E-state index contributed by atoms with van der Waals surface area (Å²) < 4.78 is 5.80. The zero-order valence-corrected chi connectivity index (χ0v) is 13.6. The monoisotopic (exact) mass is 288 g/mol. The van der Waals surface area contributed by atoms with Crippen LogP contribution in [0.15, 0.2) is 24.3 Å². The normalized spacial score (nSPS) is 29.3. The average Bonchev–Trinajstić information content (AvgIpc) is 2.58. The van der Waals surface area contributed by atoms with Crippen LogP contribution in [0, 0.1) is 0 Å². The van der Waals surface area contributed by atoms with E-state index in [0.29, 0.717) is 12.0 Å². The molecule has 2 aliphatic heterocycles. The number of nitrogens with zero attached hydrogens (tertiary/aromatic N) is 1. The van der Waals surface area contributed by atoms with Crippen LogP contribution in [0.5, 0.6) is 5.75 Å². The fourth-order valence-electron chi connectivity index (χ4n) is 3.65. The number of rotatable bonds is 2. The molecular weight excluding hydrogens is 260 g/mol. The van der Waals surface area contributed by atoms with E-state index in [1.54, 1.807) is 0 Å². The second kappa shape index (κ2) is 5.98. The summed E-state index contributed by atoms with van der Waals surface area (Å²) in [6.45, 7) is 11.2. The van der Waals surface area contributed by atoms with Crippen LogP contribution in [0.3, 0.4) is 0 Å². The molecule has 1 aromatic carbocycles. The fourth-order valence-corrected chi connectivity index (χ4v) is 3.65. The van der Waals surface area contributed by atoms with Gasteiger partial charge in [0.15, 0.2) is 0 Å². The van der Waals surface area contributed by atoms with Crippen molar-refractivity contribution in [2.75, 3.05) is 26.2 Å². The lowest BCUT2D eigenvalue weighted by molar-refractivity contribution is 0.154. The Labute approximate surface area is 128 Å². The number of hydrogen-bond donors (Lipinski definition) is 1. The lowest BCUT2D eigenvalue weighted by atomic mass is 9.91. The van der Waals surface area contributed by atoms with Gasteiger partial charge in [0.2, 0.25) is 0 Å². The quantitative estimate of drug-likeness (QED) is 0.905. The van der Waals surface area contributed by atoms with Crippen molar-refractivity contribution in [3.63, 3.8) is 0 Å². The molecule has 2 aliphatic rings. The van der Waals surface area contributed by atoms with Crippen molar-refractivity contribution in [3.8, 4) is 5.75 Å². The lowest BCUT2D eigenvalue weighted by Crippen LogP contribution is -2.48. The van der Waals surface area contributed by atoms with E-state index in [2.05, 4.69) is 55.3 Å². The Morgan fingerprint density at radius 3 is 2.95 bits per heavy atom. The molecule has 2 heterocycles. The molecule has 0 spiro atoms. The van der Waals surface area contributed by atoms with Gasteiger partial charge in [-0.25, -0.2) is 0 Å². The summed E-state index contributed by atoms with van der Waals surface area (Å²) in [5, 5.41) is 3.67. The van der Waals surface area contributed by atoms with Gasteiger partial charge in [-0.1, -0.05) is 18.2 Å². The molecule has 2 unspecified atom stereocenters. The molecule has 0 bridgehead atoms. The first kappa shape index (κ1) is 14.9. The van der Waals surface area contributed by atoms with Gasteiger partial charge in [0.25, 0.3) is 0 Å². The maximum absolute atomic E-state index is 5.80. The second-order valence-electron chi connectivity index (χ2n) is 7.25. The number of benzene rings is 1. The summed E-state index contributed by atoms with van der Waals surface area (Å²) in [6.07, 6.45) is 2.36. The van der Waals surface area contributed by atoms with Crippen molar-refractivity contribution < 1.29 is 4.74 Å². The van der Waals surface area contributed by atoms with Crippen molar-refractivity contribution >= 4 is 0 Å². The topological polar surface area (TPSA) is 24.5 Å². The van der Waals surface area contributed by atoms with E-state index < -0.39 is 0 Å². The van der Waals surface area contributed by atoms with Crippen LogP contribution < -0.4 is 10.1 Å². The molecule has 0 amide bonds. The highest BCUT2D eigenvalue weighted by molar-refractivity contribution is 5.38. The zero-order chi connectivity index (χ0) is 14.9. The van der Waals surface area contributed by atoms with Crippen molar-refractivity contribution in [3.05, 3.63) is 29.8 Å². The van der Waals surface area contributed by atoms with Crippen LogP contribution in [0.1, 0.15) is 45.1 Å². The predicted octanol–water partition coefficient (Wildman–Crippen LogP) is 3.02. The molecule has 2 atom stereocenters. The Hall–Kier alpha value is -1.06. The summed E-state index contributed by atoms with van der Waals surface area (Å²) >= 11 is 0. The Balaban J connectivity index is 1.76. The van der Waals surface area contributed by atoms with Gasteiger partial charge in [0.1, 0.15) is 5.75 Å². The molecule has 1 aromatic rings. The van der Waals surface area contributed by atoms with Crippen molar-refractivity contribution in [1.29, 1.82) is 0 Å². The van der Waals surface area contributed by atoms with Crippen molar-refractivity contribution in [2.24, 2.45) is 0 Å². The van der Waals surface area contributed by atoms with E-state index >= 15 is 0 Å². The van der Waals surface area contributed by atoms with Gasteiger partial charge in [-0.2, -0.15) is 0 Å². The zero-order valence-electron chi connectivity index (χ0n) is 13.6. The first-order valence-electron chi connectivity index (χ1n) is 8.26. The van der Waals surface area contributed by atoms with E-state index in [0.717, 1.165) is 38.4 Å². The SMILES string of the molecule is CC1CCNC(C)(C)CN1CC1CCOc2ccccc21. The highest BCUT2D eigenvalue weighted by atomic mass is 16.5. The highest BCUT2D eigenvalue weighted by Crippen LogP contribution is 2.34. The molecule has 0 aliphatic carbocycles. The molecule has 1 fully saturated rings. The van der Waals surface area contributed by atoms with Gasteiger partial charge in [-0.3, -0.25) is 4.90 Å². The molecule has 1 N–H and O–H groups in total. The van der Waals surface area contributed by atoms with E-state index in [1.165, 1.54) is 12.0 Å². The van der Waals surface area contributed by atoms with Crippen LogP contribution >= 0.6 is 0 Å². The number of para-hydroxylation sites is 1.